The number of nitro groups is 1. The van der Waals surface area contributed by atoms with Crippen LogP contribution in [0.5, 0.6) is 5.75 Å². The zero-order valence-corrected chi connectivity index (χ0v) is 13.7. The Bertz CT molecular complexity index is 486. The Labute approximate surface area is 137 Å². The number of aliphatic hydroxyl groups is 1. The molecule has 0 radical (unpaired) electrons. The number of hydrogen-bond acceptors (Lipinski definition) is 5. The lowest BCUT2D eigenvalue weighted by atomic mass is 9.94. The highest BCUT2D eigenvalue weighted by molar-refractivity contribution is 5.35. The monoisotopic (exact) mass is 322 g/mol. The number of non-ortho nitro benzene ring substituents is 1. The quantitative estimate of drug-likeness (QED) is 0.588. The highest BCUT2D eigenvalue weighted by Crippen LogP contribution is 2.23. The minimum absolute atomic E-state index is 0.0346. The average Bonchev–Trinajstić information content (AvgIpc) is 2.59. The third-order valence-electron chi connectivity index (χ3n) is 4.43. The summed E-state index contributed by atoms with van der Waals surface area (Å²) in [7, 11) is 0. The van der Waals surface area contributed by atoms with E-state index in [1.165, 1.54) is 44.2 Å². The van der Waals surface area contributed by atoms with E-state index in [0.717, 1.165) is 6.54 Å². The molecule has 0 heterocycles. The smallest absolute Gasteiger partial charge is 0.269 e. The molecule has 1 saturated carbocycles. The fourth-order valence-corrected chi connectivity index (χ4v) is 3.16. The summed E-state index contributed by atoms with van der Waals surface area (Å²) in [5, 5.41) is 20.8. The van der Waals surface area contributed by atoms with Gasteiger partial charge in [0.25, 0.3) is 5.69 Å². The minimum Gasteiger partial charge on any atom is -0.491 e. The van der Waals surface area contributed by atoms with Crippen molar-refractivity contribution in [1.82, 2.24) is 4.90 Å². The van der Waals surface area contributed by atoms with E-state index in [0.29, 0.717) is 18.3 Å². The summed E-state index contributed by atoms with van der Waals surface area (Å²) in [5.41, 5.74) is 0.0346. The van der Waals surface area contributed by atoms with Crippen LogP contribution in [0.4, 0.5) is 5.69 Å². The molecule has 23 heavy (non-hydrogen) atoms. The lowest BCUT2D eigenvalue weighted by molar-refractivity contribution is -0.384. The van der Waals surface area contributed by atoms with E-state index in [1.807, 2.05) is 0 Å². The molecule has 0 amide bonds. The van der Waals surface area contributed by atoms with Crippen molar-refractivity contribution < 1.29 is 14.8 Å². The van der Waals surface area contributed by atoms with Gasteiger partial charge in [0, 0.05) is 24.7 Å². The fourth-order valence-electron chi connectivity index (χ4n) is 3.16. The van der Waals surface area contributed by atoms with Crippen molar-refractivity contribution in [3.8, 4) is 5.75 Å². The van der Waals surface area contributed by atoms with Crippen LogP contribution in [0.15, 0.2) is 24.3 Å². The van der Waals surface area contributed by atoms with E-state index in [9.17, 15) is 15.2 Å². The number of rotatable bonds is 8. The topological polar surface area (TPSA) is 75.8 Å². The summed E-state index contributed by atoms with van der Waals surface area (Å²) in [6.45, 7) is 3.85. The van der Waals surface area contributed by atoms with Crippen molar-refractivity contribution in [3.63, 3.8) is 0 Å². The first-order chi connectivity index (χ1) is 11.1. The van der Waals surface area contributed by atoms with Gasteiger partial charge < -0.3 is 9.84 Å². The first-order valence-corrected chi connectivity index (χ1v) is 8.39. The maximum absolute atomic E-state index is 10.6. The van der Waals surface area contributed by atoms with Crippen LogP contribution in [-0.2, 0) is 0 Å². The number of aliphatic hydroxyl groups excluding tert-OH is 1. The largest absolute Gasteiger partial charge is 0.491 e. The number of nitro benzene ring substituents is 1. The van der Waals surface area contributed by atoms with Crippen LogP contribution >= 0.6 is 0 Å². The molecule has 6 heteroatoms. The molecule has 1 atom stereocenters. The van der Waals surface area contributed by atoms with E-state index in [2.05, 4.69) is 11.8 Å². The van der Waals surface area contributed by atoms with Crippen LogP contribution in [0.25, 0.3) is 0 Å². The van der Waals surface area contributed by atoms with Crippen molar-refractivity contribution in [2.75, 3.05) is 19.7 Å². The van der Waals surface area contributed by atoms with Gasteiger partial charge in [0.2, 0.25) is 0 Å². The van der Waals surface area contributed by atoms with Gasteiger partial charge in [-0.1, -0.05) is 26.2 Å². The van der Waals surface area contributed by atoms with Crippen molar-refractivity contribution in [3.05, 3.63) is 34.4 Å². The Balaban J connectivity index is 1.78. The molecule has 1 aliphatic rings. The molecule has 128 valence electrons. The molecule has 0 bridgehead atoms. The maximum atomic E-state index is 10.6. The summed E-state index contributed by atoms with van der Waals surface area (Å²) in [5.74, 6) is 0.537. The molecular formula is C17H26N2O4. The van der Waals surface area contributed by atoms with Crippen LogP contribution in [0.2, 0.25) is 0 Å². The molecule has 1 fully saturated rings. The highest BCUT2D eigenvalue weighted by atomic mass is 16.6. The molecule has 1 aromatic rings. The Morgan fingerprint density at radius 1 is 1.30 bits per heavy atom. The normalized spacial score (nSPS) is 17.2. The molecule has 6 nitrogen and oxygen atoms in total. The molecule has 1 aliphatic carbocycles. The third kappa shape index (κ3) is 5.48. The van der Waals surface area contributed by atoms with Gasteiger partial charge in [-0.2, -0.15) is 0 Å². The molecule has 1 N–H and O–H groups in total. The second-order valence-electron chi connectivity index (χ2n) is 6.10. The summed E-state index contributed by atoms with van der Waals surface area (Å²) in [6, 6.07) is 6.50. The number of nitrogens with zero attached hydrogens (tertiary/aromatic N) is 2. The van der Waals surface area contributed by atoms with E-state index >= 15 is 0 Å². The summed E-state index contributed by atoms with van der Waals surface area (Å²) >= 11 is 0. The lowest BCUT2D eigenvalue weighted by Gasteiger charge is -2.34. The second-order valence-corrected chi connectivity index (χ2v) is 6.10. The van der Waals surface area contributed by atoms with Crippen LogP contribution in [0.1, 0.15) is 39.0 Å². The molecule has 0 aromatic heterocycles. The van der Waals surface area contributed by atoms with E-state index in [4.69, 9.17) is 4.74 Å². The average molecular weight is 322 g/mol. The molecule has 0 aliphatic heterocycles. The first kappa shape index (κ1) is 17.7. The summed E-state index contributed by atoms with van der Waals surface area (Å²) < 4.78 is 5.54. The van der Waals surface area contributed by atoms with Crippen molar-refractivity contribution in [1.29, 1.82) is 0 Å². The Kier molecular flexibility index (Phi) is 6.80. The predicted octanol–water partition coefficient (Wildman–Crippen LogP) is 2.99. The number of ether oxygens (including phenoxy) is 1. The molecular weight excluding hydrogens is 296 g/mol. The van der Waals surface area contributed by atoms with Gasteiger partial charge in [-0.25, -0.2) is 0 Å². The van der Waals surface area contributed by atoms with Gasteiger partial charge in [0.1, 0.15) is 18.5 Å². The standard InChI is InChI=1S/C17H26N2O4/c1-2-18(14-6-4-3-5-7-14)12-16(20)13-23-17-10-8-15(9-11-17)19(21)22/h8-11,14,16,20H,2-7,12-13H2,1H3. The van der Waals surface area contributed by atoms with Crippen molar-refractivity contribution in [2.24, 2.45) is 0 Å². The second kappa shape index (κ2) is 8.84. The number of likely N-dealkylation sites (N-methyl/N-ethyl adjacent to an activating group) is 1. The van der Waals surface area contributed by atoms with Gasteiger partial charge in [0.15, 0.2) is 0 Å². The highest BCUT2D eigenvalue weighted by Gasteiger charge is 2.22. The summed E-state index contributed by atoms with van der Waals surface area (Å²) in [6.07, 6.45) is 5.73. The Morgan fingerprint density at radius 3 is 2.52 bits per heavy atom. The van der Waals surface area contributed by atoms with Crippen molar-refractivity contribution in [2.45, 2.75) is 51.2 Å². The van der Waals surface area contributed by atoms with Gasteiger partial charge in [-0.05, 0) is 31.5 Å². The molecule has 0 saturated heterocycles. The minimum atomic E-state index is -0.563. The Morgan fingerprint density at radius 2 is 1.96 bits per heavy atom. The van der Waals surface area contributed by atoms with Crippen LogP contribution in [-0.4, -0.2) is 46.8 Å². The van der Waals surface area contributed by atoms with Crippen LogP contribution in [0.3, 0.4) is 0 Å². The Hall–Kier alpha value is -1.66. The van der Waals surface area contributed by atoms with Crippen LogP contribution < -0.4 is 4.74 Å². The van der Waals surface area contributed by atoms with Gasteiger partial charge in [-0.3, -0.25) is 15.0 Å². The molecule has 2 rings (SSSR count). The zero-order chi connectivity index (χ0) is 16.7. The van der Waals surface area contributed by atoms with Gasteiger partial charge >= 0.3 is 0 Å². The predicted molar refractivity (Wildman–Crippen MR) is 88.7 cm³/mol. The van der Waals surface area contributed by atoms with Gasteiger partial charge in [0.05, 0.1) is 4.92 Å². The van der Waals surface area contributed by atoms with Crippen LogP contribution in [0, 0.1) is 10.1 Å². The zero-order valence-electron chi connectivity index (χ0n) is 13.7. The first-order valence-electron chi connectivity index (χ1n) is 8.39. The fraction of sp³-hybridized carbons (Fsp3) is 0.647. The van der Waals surface area contributed by atoms with E-state index in [-0.39, 0.29) is 12.3 Å². The van der Waals surface area contributed by atoms with Crippen molar-refractivity contribution >= 4 is 5.69 Å². The lowest BCUT2D eigenvalue weighted by Crippen LogP contribution is -2.43. The van der Waals surface area contributed by atoms with Gasteiger partial charge in [-0.15, -0.1) is 0 Å². The van der Waals surface area contributed by atoms with E-state index < -0.39 is 11.0 Å². The maximum Gasteiger partial charge on any atom is 0.269 e. The molecule has 1 unspecified atom stereocenters. The SMILES string of the molecule is CCN(CC(O)COc1ccc([N+](=O)[O-])cc1)C1CCCCC1. The summed E-state index contributed by atoms with van der Waals surface area (Å²) in [4.78, 5) is 12.5. The number of hydrogen-bond donors (Lipinski definition) is 1. The number of benzene rings is 1. The molecule has 1 aromatic carbocycles. The van der Waals surface area contributed by atoms with E-state index in [1.54, 1.807) is 12.1 Å². The third-order valence-corrected chi connectivity index (χ3v) is 4.43. The molecule has 0 spiro atoms.